The lowest BCUT2D eigenvalue weighted by Crippen LogP contribution is -2.36. The molecule has 2 amide bonds. The molecule has 0 radical (unpaired) electrons. The fourth-order valence-corrected chi connectivity index (χ4v) is 2.62. The largest absolute Gasteiger partial charge is 0.338 e. The first-order valence-electron chi connectivity index (χ1n) is 6.75. The molecular formula is C16H15Cl3N2O. The second-order valence-corrected chi connectivity index (χ2v) is 5.94. The Hall–Kier alpha value is -1.42. The molecule has 0 saturated heterocycles. The SMILES string of the molecule is O=C(NCCc1ccc(Cl)cc1Cl)NCc1ccccc1Cl. The molecule has 0 unspecified atom stereocenters. The summed E-state index contributed by atoms with van der Waals surface area (Å²) < 4.78 is 0. The molecule has 0 aliphatic carbocycles. The van der Waals surface area contributed by atoms with Crippen LogP contribution < -0.4 is 10.6 Å². The zero-order valence-electron chi connectivity index (χ0n) is 11.7. The van der Waals surface area contributed by atoms with Gasteiger partial charge in [-0.2, -0.15) is 0 Å². The predicted molar refractivity (Wildman–Crippen MR) is 91.9 cm³/mol. The van der Waals surface area contributed by atoms with Crippen molar-refractivity contribution in [2.45, 2.75) is 13.0 Å². The highest BCUT2D eigenvalue weighted by molar-refractivity contribution is 6.35. The van der Waals surface area contributed by atoms with E-state index in [4.69, 9.17) is 34.8 Å². The van der Waals surface area contributed by atoms with Crippen LogP contribution in [0, 0.1) is 0 Å². The van der Waals surface area contributed by atoms with E-state index in [1.54, 1.807) is 18.2 Å². The van der Waals surface area contributed by atoms with Gasteiger partial charge in [-0.25, -0.2) is 4.79 Å². The van der Waals surface area contributed by atoms with Crippen molar-refractivity contribution in [1.82, 2.24) is 10.6 Å². The average Bonchev–Trinajstić information content (AvgIpc) is 2.49. The Morgan fingerprint density at radius 3 is 2.41 bits per heavy atom. The highest BCUT2D eigenvalue weighted by Gasteiger charge is 2.05. The van der Waals surface area contributed by atoms with E-state index in [1.807, 2.05) is 24.3 Å². The summed E-state index contributed by atoms with van der Waals surface area (Å²) in [5.74, 6) is 0. The lowest BCUT2D eigenvalue weighted by Gasteiger charge is -2.09. The normalized spacial score (nSPS) is 10.3. The Labute approximate surface area is 144 Å². The summed E-state index contributed by atoms with van der Waals surface area (Å²) in [5, 5.41) is 7.37. The molecule has 0 aliphatic rings. The van der Waals surface area contributed by atoms with E-state index in [2.05, 4.69) is 10.6 Å². The van der Waals surface area contributed by atoms with Gasteiger partial charge in [-0.3, -0.25) is 0 Å². The van der Waals surface area contributed by atoms with Crippen LogP contribution in [0.2, 0.25) is 15.1 Å². The summed E-state index contributed by atoms with van der Waals surface area (Å²) in [7, 11) is 0. The molecule has 3 nitrogen and oxygen atoms in total. The first-order valence-corrected chi connectivity index (χ1v) is 7.88. The summed E-state index contributed by atoms with van der Waals surface area (Å²) in [5.41, 5.74) is 1.82. The highest BCUT2D eigenvalue weighted by Crippen LogP contribution is 2.21. The molecule has 0 saturated carbocycles. The first-order chi connectivity index (χ1) is 10.6. The fraction of sp³-hybridized carbons (Fsp3) is 0.188. The van der Waals surface area contributed by atoms with E-state index >= 15 is 0 Å². The third-order valence-electron chi connectivity index (χ3n) is 3.09. The van der Waals surface area contributed by atoms with Gasteiger partial charge in [-0.05, 0) is 35.7 Å². The number of rotatable bonds is 5. The minimum absolute atomic E-state index is 0.245. The van der Waals surface area contributed by atoms with Crippen molar-refractivity contribution in [2.75, 3.05) is 6.54 Å². The second-order valence-electron chi connectivity index (χ2n) is 4.69. The van der Waals surface area contributed by atoms with Gasteiger partial charge in [0.25, 0.3) is 0 Å². The van der Waals surface area contributed by atoms with Crippen LogP contribution in [0.1, 0.15) is 11.1 Å². The monoisotopic (exact) mass is 356 g/mol. The maximum atomic E-state index is 11.7. The van der Waals surface area contributed by atoms with E-state index in [0.29, 0.717) is 34.6 Å². The molecule has 22 heavy (non-hydrogen) atoms. The van der Waals surface area contributed by atoms with Gasteiger partial charge in [0, 0.05) is 28.2 Å². The molecule has 0 heterocycles. The van der Waals surface area contributed by atoms with Crippen LogP contribution in [-0.4, -0.2) is 12.6 Å². The maximum absolute atomic E-state index is 11.7. The number of carbonyl (C=O) groups is 1. The molecule has 116 valence electrons. The summed E-state index contributed by atoms with van der Waals surface area (Å²) in [4.78, 5) is 11.7. The molecule has 2 aromatic carbocycles. The molecule has 0 aromatic heterocycles. The van der Waals surface area contributed by atoms with Gasteiger partial charge in [0.2, 0.25) is 0 Å². The molecular weight excluding hydrogens is 343 g/mol. The Morgan fingerprint density at radius 1 is 0.909 bits per heavy atom. The Morgan fingerprint density at radius 2 is 1.68 bits per heavy atom. The summed E-state index contributed by atoms with van der Waals surface area (Å²) in [6.07, 6.45) is 0.634. The van der Waals surface area contributed by atoms with Gasteiger partial charge in [0.15, 0.2) is 0 Å². The topological polar surface area (TPSA) is 41.1 Å². The van der Waals surface area contributed by atoms with Crippen molar-refractivity contribution in [1.29, 1.82) is 0 Å². The number of urea groups is 1. The molecule has 0 fully saturated rings. The maximum Gasteiger partial charge on any atom is 0.315 e. The van der Waals surface area contributed by atoms with Crippen molar-refractivity contribution in [3.63, 3.8) is 0 Å². The van der Waals surface area contributed by atoms with Crippen LogP contribution in [0.25, 0.3) is 0 Å². The first kappa shape index (κ1) is 16.9. The number of amides is 2. The number of benzene rings is 2. The Kier molecular flexibility index (Phi) is 6.37. The molecule has 0 bridgehead atoms. The van der Waals surface area contributed by atoms with Gasteiger partial charge in [-0.15, -0.1) is 0 Å². The zero-order chi connectivity index (χ0) is 15.9. The molecule has 0 aliphatic heterocycles. The standard InChI is InChI=1S/C16H15Cl3N2O/c17-13-6-5-11(15(19)9-13)7-8-20-16(22)21-10-12-3-1-2-4-14(12)18/h1-6,9H,7-8,10H2,(H2,20,21,22). The van der Waals surface area contributed by atoms with E-state index in [1.165, 1.54) is 0 Å². The van der Waals surface area contributed by atoms with Crippen LogP contribution in [-0.2, 0) is 13.0 Å². The minimum Gasteiger partial charge on any atom is -0.338 e. The quantitative estimate of drug-likeness (QED) is 0.801. The number of carbonyl (C=O) groups excluding carboxylic acids is 1. The fourth-order valence-electron chi connectivity index (χ4n) is 1.91. The second kappa shape index (κ2) is 8.28. The molecule has 0 spiro atoms. The van der Waals surface area contributed by atoms with Crippen molar-refractivity contribution in [3.05, 3.63) is 68.7 Å². The lowest BCUT2D eigenvalue weighted by molar-refractivity contribution is 0.240. The predicted octanol–water partition coefficient (Wildman–Crippen LogP) is 4.69. The highest BCUT2D eigenvalue weighted by atomic mass is 35.5. The third kappa shape index (κ3) is 5.09. The van der Waals surface area contributed by atoms with E-state index in [9.17, 15) is 4.79 Å². The van der Waals surface area contributed by atoms with Gasteiger partial charge in [-0.1, -0.05) is 59.1 Å². The summed E-state index contributed by atoms with van der Waals surface area (Å²) >= 11 is 17.9. The number of hydrogen-bond donors (Lipinski definition) is 2. The summed E-state index contributed by atoms with van der Waals surface area (Å²) in [6, 6.07) is 12.5. The van der Waals surface area contributed by atoms with Gasteiger partial charge in [0.1, 0.15) is 0 Å². The van der Waals surface area contributed by atoms with Gasteiger partial charge >= 0.3 is 6.03 Å². The van der Waals surface area contributed by atoms with Crippen LogP contribution in [0.5, 0.6) is 0 Å². The van der Waals surface area contributed by atoms with Crippen molar-refractivity contribution >= 4 is 40.8 Å². The smallest absolute Gasteiger partial charge is 0.315 e. The van der Waals surface area contributed by atoms with Crippen LogP contribution in [0.15, 0.2) is 42.5 Å². The van der Waals surface area contributed by atoms with E-state index in [-0.39, 0.29) is 6.03 Å². The van der Waals surface area contributed by atoms with Crippen LogP contribution >= 0.6 is 34.8 Å². The van der Waals surface area contributed by atoms with Crippen molar-refractivity contribution < 1.29 is 4.79 Å². The molecule has 0 atom stereocenters. The molecule has 2 rings (SSSR count). The third-order valence-corrected chi connectivity index (χ3v) is 4.05. The minimum atomic E-state index is -0.245. The lowest BCUT2D eigenvalue weighted by atomic mass is 10.1. The molecule has 2 N–H and O–H groups in total. The van der Waals surface area contributed by atoms with Crippen LogP contribution in [0.4, 0.5) is 4.79 Å². The zero-order valence-corrected chi connectivity index (χ0v) is 14.0. The van der Waals surface area contributed by atoms with Crippen molar-refractivity contribution in [2.24, 2.45) is 0 Å². The Balaban J connectivity index is 1.75. The Bertz CT molecular complexity index is 662. The number of hydrogen-bond acceptors (Lipinski definition) is 1. The van der Waals surface area contributed by atoms with Gasteiger partial charge < -0.3 is 10.6 Å². The van der Waals surface area contributed by atoms with Crippen molar-refractivity contribution in [3.8, 4) is 0 Å². The average molecular weight is 358 g/mol. The molecule has 2 aromatic rings. The van der Waals surface area contributed by atoms with Crippen LogP contribution in [0.3, 0.4) is 0 Å². The molecule has 6 heteroatoms. The number of halogens is 3. The number of nitrogens with one attached hydrogen (secondary N) is 2. The summed E-state index contributed by atoms with van der Waals surface area (Å²) in [6.45, 7) is 0.864. The van der Waals surface area contributed by atoms with E-state index < -0.39 is 0 Å². The van der Waals surface area contributed by atoms with Gasteiger partial charge in [0.05, 0.1) is 0 Å². The van der Waals surface area contributed by atoms with E-state index in [0.717, 1.165) is 11.1 Å².